The van der Waals surface area contributed by atoms with Gasteiger partial charge in [0.25, 0.3) is 0 Å². The summed E-state index contributed by atoms with van der Waals surface area (Å²) in [5, 5.41) is 12.3. The van der Waals surface area contributed by atoms with Crippen molar-refractivity contribution in [3.63, 3.8) is 0 Å². The minimum atomic E-state index is -0.955. The second kappa shape index (κ2) is 5.50. The molecule has 0 aliphatic carbocycles. The highest BCUT2D eigenvalue weighted by molar-refractivity contribution is 7.11. The van der Waals surface area contributed by atoms with E-state index in [-0.39, 0.29) is 6.04 Å². The maximum absolute atomic E-state index is 10.2. The average molecular weight is 226 g/mol. The van der Waals surface area contributed by atoms with Crippen LogP contribution in [0.2, 0.25) is 0 Å². The lowest BCUT2D eigenvalue weighted by Gasteiger charge is -2.06. The first kappa shape index (κ1) is 11.7. The first-order valence-electron chi connectivity index (χ1n) is 4.73. The molecule has 0 amide bonds. The third-order valence-electron chi connectivity index (χ3n) is 1.86. The van der Waals surface area contributed by atoms with Crippen molar-refractivity contribution < 1.29 is 9.90 Å². The Balaban J connectivity index is 2.53. The van der Waals surface area contributed by atoms with Crippen LogP contribution in [0.4, 0.5) is 0 Å². The standard InChI is InChI=1S/C10H14N2O2S/c1-3-8-6-12-10(15-8)7(2)11-5-4-9(13)14/h4-7,11H,3H2,1-2H3,(H,13,14)/b5-4+. The van der Waals surface area contributed by atoms with E-state index in [0.29, 0.717) is 0 Å². The molecule has 0 aliphatic heterocycles. The van der Waals surface area contributed by atoms with Gasteiger partial charge in [0.15, 0.2) is 0 Å². The van der Waals surface area contributed by atoms with E-state index in [1.165, 1.54) is 11.1 Å². The average Bonchev–Trinajstić information content (AvgIpc) is 2.65. The molecule has 1 heterocycles. The summed E-state index contributed by atoms with van der Waals surface area (Å²) in [6.45, 7) is 4.03. The van der Waals surface area contributed by atoms with Crippen LogP contribution in [-0.2, 0) is 11.2 Å². The number of aryl methyl sites for hydroxylation is 1. The van der Waals surface area contributed by atoms with Crippen LogP contribution in [-0.4, -0.2) is 16.1 Å². The number of thiazole rings is 1. The van der Waals surface area contributed by atoms with Gasteiger partial charge in [0, 0.05) is 23.3 Å². The monoisotopic (exact) mass is 226 g/mol. The van der Waals surface area contributed by atoms with Crippen molar-refractivity contribution in [2.45, 2.75) is 26.3 Å². The Morgan fingerprint density at radius 2 is 2.53 bits per heavy atom. The normalized spacial score (nSPS) is 12.9. The molecule has 0 spiro atoms. The minimum absolute atomic E-state index is 0.0471. The lowest BCUT2D eigenvalue weighted by molar-refractivity contribution is -0.131. The largest absolute Gasteiger partial charge is 0.478 e. The van der Waals surface area contributed by atoms with E-state index in [4.69, 9.17) is 5.11 Å². The van der Waals surface area contributed by atoms with Crippen LogP contribution in [0.5, 0.6) is 0 Å². The number of nitrogens with one attached hydrogen (secondary N) is 1. The molecule has 82 valence electrons. The summed E-state index contributed by atoms with van der Waals surface area (Å²) in [4.78, 5) is 15.7. The fourth-order valence-corrected chi connectivity index (χ4v) is 1.89. The Hall–Kier alpha value is -1.36. The summed E-state index contributed by atoms with van der Waals surface area (Å²) in [6, 6.07) is 0.0471. The van der Waals surface area contributed by atoms with Crippen LogP contribution in [0.1, 0.15) is 29.8 Å². The van der Waals surface area contributed by atoms with Gasteiger partial charge in [-0.25, -0.2) is 9.78 Å². The number of nitrogens with zero attached hydrogens (tertiary/aromatic N) is 1. The summed E-state index contributed by atoms with van der Waals surface area (Å²) in [5.74, 6) is -0.955. The fourth-order valence-electron chi connectivity index (χ4n) is 1.02. The SMILES string of the molecule is CCc1cnc(C(C)N/C=C/C(=O)O)s1. The van der Waals surface area contributed by atoms with Gasteiger partial charge in [0.1, 0.15) is 5.01 Å². The lowest BCUT2D eigenvalue weighted by Crippen LogP contribution is -2.11. The molecular formula is C10H14N2O2S. The summed E-state index contributed by atoms with van der Waals surface area (Å²) in [5.41, 5.74) is 0. The fraction of sp³-hybridized carbons (Fsp3) is 0.400. The molecular weight excluding hydrogens is 212 g/mol. The lowest BCUT2D eigenvalue weighted by atomic mass is 10.3. The van der Waals surface area contributed by atoms with Gasteiger partial charge < -0.3 is 10.4 Å². The quantitative estimate of drug-likeness (QED) is 0.753. The minimum Gasteiger partial charge on any atom is -0.478 e. The Kier molecular flexibility index (Phi) is 4.30. The molecule has 0 aromatic carbocycles. The van der Waals surface area contributed by atoms with Crippen LogP contribution in [0.3, 0.4) is 0 Å². The number of carboxylic acids is 1. The maximum Gasteiger partial charge on any atom is 0.329 e. The van der Waals surface area contributed by atoms with E-state index in [9.17, 15) is 4.79 Å². The van der Waals surface area contributed by atoms with Gasteiger partial charge in [-0.05, 0) is 13.3 Å². The summed E-state index contributed by atoms with van der Waals surface area (Å²) in [6.07, 6.45) is 5.35. The van der Waals surface area contributed by atoms with E-state index in [1.807, 2.05) is 13.1 Å². The van der Waals surface area contributed by atoms with Crippen LogP contribution in [0, 0.1) is 0 Å². The highest BCUT2D eigenvalue weighted by Crippen LogP contribution is 2.19. The predicted molar refractivity (Wildman–Crippen MR) is 59.8 cm³/mol. The van der Waals surface area contributed by atoms with E-state index >= 15 is 0 Å². The van der Waals surface area contributed by atoms with Crippen molar-refractivity contribution >= 4 is 17.3 Å². The number of carboxylic acid groups (broad SMARTS) is 1. The van der Waals surface area contributed by atoms with E-state index in [2.05, 4.69) is 17.2 Å². The molecule has 0 radical (unpaired) electrons. The third kappa shape index (κ3) is 3.71. The zero-order valence-corrected chi connectivity index (χ0v) is 9.54. The highest BCUT2D eigenvalue weighted by atomic mass is 32.1. The number of carbonyl (C=O) groups is 1. The van der Waals surface area contributed by atoms with Gasteiger partial charge in [-0.15, -0.1) is 11.3 Å². The zero-order valence-electron chi connectivity index (χ0n) is 8.73. The molecule has 0 bridgehead atoms. The zero-order chi connectivity index (χ0) is 11.3. The Labute approximate surface area is 92.7 Å². The number of hydrogen-bond donors (Lipinski definition) is 2. The second-order valence-electron chi connectivity index (χ2n) is 3.08. The number of hydrogen-bond acceptors (Lipinski definition) is 4. The van der Waals surface area contributed by atoms with Crippen molar-refractivity contribution in [3.8, 4) is 0 Å². The van der Waals surface area contributed by atoms with E-state index in [0.717, 1.165) is 17.5 Å². The van der Waals surface area contributed by atoms with Gasteiger partial charge in [-0.3, -0.25) is 0 Å². The molecule has 0 saturated carbocycles. The van der Waals surface area contributed by atoms with Crippen LogP contribution in [0.25, 0.3) is 0 Å². The van der Waals surface area contributed by atoms with Crippen molar-refractivity contribution in [3.05, 3.63) is 28.4 Å². The number of aromatic nitrogens is 1. The summed E-state index contributed by atoms with van der Waals surface area (Å²) < 4.78 is 0. The Morgan fingerprint density at radius 1 is 1.80 bits per heavy atom. The molecule has 1 aromatic heterocycles. The number of rotatable bonds is 5. The van der Waals surface area contributed by atoms with Crippen LogP contribution < -0.4 is 5.32 Å². The van der Waals surface area contributed by atoms with Gasteiger partial charge in [0.2, 0.25) is 0 Å². The van der Waals surface area contributed by atoms with Gasteiger partial charge >= 0.3 is 5.97 Å². The smallest absolute Gasteiger partial charge is 0.329 e. The van der Waals surface area contributed by atoms with Crippen molar-refractivity contribution in [1.29, 1.82) is 0 Å². The van der Waals surface area contributed by atoms with E-state index < -0.39 is 5.97 Å². The molecule has 0 saturated heterocycles. The Morgan fingerprint density at radius 3 is 3.07 bits per heavy atom. The van der Waals surface area contributed by atoms with Crippen molar-refractivity contribution in [2.24, 2.45) is 0 Å². The number of aliphatic carboxylic acids is 1. The molecule has 5 heteroatoms. The maximum atomic E-state index is 10.2. The first-order valence-corrected chi connectivity index (χ1v) is 5.55. The summed E-state index contributed by atoms with van der Waals surface area (Å²) >= 11 is 1.64. The molecule has 0 aliphatic rings. The first-order chi connectivity index (χ1) is 7.13. The third-order valence-corrected chi connectivity index (χ3v) is 3.19. The molecule has 2 N–H and O–H groups in total. The molecule has 4 nitrogen and oxygen atoms in total. The predicted octanol–water partition coefficient (Wildman–Crippen LogP) is 1.95. The molecule has 1 atom stereocenters. The van der Waals surface area contributed by atoms with E-state index in [1.54, 1.807) is 11.3 Å². The molecule has 1 rings (SSSR count). The second-order valence-corrected chi connectivity index (χ2v) is 4.23. The molecule has 1 unspecified atom stereocenters. The molecule has 0 fully saturated rings. The van der Waals surface area contributed by atoms with Crippen LogP contribution in [0.15, 0.2) is 18.5 Å². The summed E-state index contributed by atoms with van der Waals surface area (Å²) in [7, 11) is 0. The van der Waals surface area contributed by atoms with Crippen LogP contribution >= 0.6 is 11.3 Å². The Bertz CT molecular complexity index is 360. The van der Waals surface area contributed by atoms with Gasteiger partial charge in [-0.1, -0.05) is 6.92 Å². The van der Waals surface area contributed by atoms with Crippen molar-refractivity contribution in [2.75, 3.05) is 0 Å². The van der Waals surface area contributed by atoms with Gasteiger partial charge in [0.05, 0.1) is 6.04 Å². The topological polar surface area (TPSA) is 62.2 Å². The highest BCUT2D eigenvalue weighted by Gasteiger charge is 2.07. The van der Waals surface area contributed by atoms with Gasteiger partial charge in [-0.2, -0.15) is 0 Å². The molecule has 15 heavy (non-hydrogen) atoms. The van der Waals surface area contributed by atoms with Crippen molar-refractivity contribution in [1.82, 2.24) is 10.3 Å². The molecule has 1 aromatic rings.